The lowest BCUT2D eigenvalue weighted by atomic mass is 9.44. The minimum absolute atomic E-state index is 0.277. The van der Waals surface area contributed by atoms with Gasteiger partial charge in [-0.3, -0.25) is 4.79 Å². The van der Waals surface area contributed by atoms with E-state index < -0.39 is 0 Å². The summed E-state index contributed by atoms with van der Waals surface area (Å²) in [6, 6.07) is 0. The van der Waals surface area contributed by atoms with Crippen molar-refractivity contribution < 1.29 is 4.79 Å². The lowest BCUT2D eigenvalue weighted by molar-refractivity contribution is -0.147. The third-order valence-corrected chi connectivity index (χ3v) is 12.9. The minimum atomic E-state index is 0.277. The van der Waals surface area contributed by atoms with Crippen molar-refractivity contribution >= 4 is 5.78 Å². The van der Waals surface area contributed by atoms with Crippen molar-refractivity contribution in [1.29, 1.82) is 0 Å². The van der Waals surface area contributed by atoms with Crippen LogP contribution in [-0.2, 0) is 4.79 Å². The van der Waals surface area contributed by atoms with E-state index >= 15 is 0 Å². The lowest BCUT2D eigenvalue weighted by Gasteiger charge is -2.58. The topological polar surface area (TPSA) is 17.1 Å². The quantitative estimate of drug-likeness (QED) is 0.422. The molecule has 15 unspecified atom stereocenters. The molecule has 0 aromatic heterocycles. The van der Waals surface area contributed by atoms with Crippen molar-refractivity contribution in [2.45, 2.75) is 25.7 Å². The van der Waals surface area contributed by atoms with Crippen LogP contribution in [0.3, 0.4) is 0 Å². The molecule has 0 aromatic rings. The second kappa shape index (κ2) is 4.55. The van der Waals surface area contributed by atoms with Gasteiger partial charge in [-0.2, -0.15) is 0 Å². The SMILES string of the molecule is C=C1C2C3C=CC(C3)C2C(=O)C2C3C=C(C4=CC5CC4C4C6C=CC(C6)C54)C4CC43C12. The molecule has 0 aromatic carbocycles. The number of hydrogen-bond acceptors (Lipinski definition) is 1. The summed E-state index contributed by atoms with van der Waals surface area (Å²) in [7, 11) is 0. The maximum atomic E-state index is 13.8. The Bertz CT molecular complexity index is 1150. The molecule has 0 radical (unpaired) electrons. The third-order valence-electron chi connectivity index (χ3n) is 12.9. The Kier molecular flexibility index (Phi) is 2.35. The summed E-state index contributed by atoms with van der Waals surface area (Å²) in [5, 5.41) is 0. The highest BCUT2D eigenvalue weighted by Crippen LogP contribution is 2.85. The molecule has 0 amide bonds. The van der Waals surface area contributed by atoms with E-state index in [1.807, 2.05) is 0 Å². The molecule has 156 valence electrons. The average molecular weight is 407 g/mol. The first-order valence-electron chi connectivity index (χ1n) is 13.2. The van der Waals surface area contributed by atoms with Gasteiger partial charge in [0.05, 0.1) is 0 Å². The van der Waals surface area contributed by atoms with Crippen molar-refractivity contribution in [1.82, 2.24) is 0 Å². The highest BCUT2D eigenvalue weighted by atomic mass is 16.1. The maximum Gasteiger partial charge on any atom is 0.141 e. The molecule has 0 heterocycles. The van der Waals surface area contributed by atoms with Gasteiger partial charge in [0.25, 0.3) is 0 Å². The predicted octanol–water partition coefficient (Wildman–Crippen LogP) is 5.39. The first-order chi connectivity index (χ1) is 15.2. The molecule has 31 heavy (non-hydrogen) atoms. The second-order valence-electron chi connectivity index (χ2n) is 13.2. The van der Waals surface area contributed by atoms with Crippen LogP contribution in [0.1, 0.15) is 25.7 Å². The number of fused-ring (bicyclic) bond motifs is 16. The van der Waals surface area contributed by atoms with Crippen LogP contribution in [0.4, 0.5) is 0 Å². The fourth-order valence-electron chi connectivity index (χ4n) is 12.2. The molecule has 10 aliphatic carbocycles. The average Bonchev–Trinajstić information content (AvgIpc) is 3.46. The monoisotopic (exact) mass is 406 g/mol. The fourth-order valence-corrected chi connectivity index (χ4v) is 12.2. The van der Waals surface area contributed by atoms with E-state index in [-0.39, 0.29) is 11.8 Å². The van der Waals surface area contributed by atoms with Gasteiger partial charge >= 0.3 is 0 Å². The van der Waals surface area contributed by atoms with Crippen molar-refractivity contribution in [3.63, 3.8) is 0 Å². The Morgan fingerprint density at radius 1 is 0.774 bits per heavy atom. The van der Waals surface area contributed by atoms with Gasteiger partial charge in [0.1, 0.15) is 5.78 Å². The van der Waals surface area contributed by atoms with Gasteiger partial charge in [-0.25, -0.2) is 0 Å². The molecule has 10 rings (SSSR count). The molecule has 1 heteroatoms. The summed E-state index contributed by atoms with van der Waals surface area (Å²) in [6.07, 6.45) is 20.7. The molecule has 10 aliphatic rings. The summed E-state index contributed by atoms with van der Waals surface area (Å²) in [6.45, 7) is 4.72. The smallest absolute Gasteiger partial charge is 0.141 e. The van der Waals surface area contributed by atoms with Crippen LogP contribution in [0, 0.1) is 88.3 Å². The van der Waals surface area contributed by atoms with Crippen molar-refractivity contribution in [3.8, 4) is 0 Å². The highest BCUT2D eigenvalue weighted by Gasteiger charge is 2.81. The van der Waals surface area contributed by atoms with Crippen LogP contribution in [0.2, 0.25) is 0 Å². The van der Waals surface area contributed by atoms with Crippen molar-refractivity contribution in [2.75, 3.05) is 0 Å². The molecule has 1 spiro atoms. The van der Waals surface area contributed by atoms with E-state index in [4.69, 9.17) is 6.58 Å². The Hall–Kier alpha value is -1.63. The molecule has 0 N–H and O–H groups in total. The van der Waals surface area contributed by atoms with Gasteiger partial charge in [-0.1, -0.05) is 48.6 Å². The Labute approximate surface area is 184 Å². The largest absolute Gasteiger partial charge is 0.299 e. The number of Topliss-reactive ketones (excluding diaryl/α,β-unsaturated/α-hetero) is 1. The Morgan fingerprint density at radius 3 is 2.39 bits per heavy atom. The van der Waals surface area contributed by atoms with Gasteiger partial charge in [0.2, 0.25) is 0 Å². The number of hydrogen-bond donors (Lipinski definition) is 0. The number of ketones is 1. The zero-order valence-corrected chi connectivity index (χ0v) is 18.0. The van der Waals surface area contributed by atoms with E-state index in [2.05, 4.69) is 36.5 Å². The molecule has 15 atom stereocenters. The lowest BCUT2D eigenvalue weighted by Crippen LogP contribution is -2.59. The predicted molar refractivity (Wildman–Crippen MR) is 118 cm³/mol. The molecular formula is C30H30O. The van der Waals surface area contributed by atoms with Crippen LogP contribution >= 0.6 is 0 Å². The molecular weight excluding hydrogens is 376 g/mol. The number of allylic oxidation sites excluding steroid dienone is 9. The van der Waals surface area contributed by atoms with Crippen LogP contribution in [-0.4, -0.2) is 5.78 Å². The number of rotatable bonds is 1. The van der Waals surface area contributed by atoms with Gasteiger partial charge in [-0.15, -0.1) is 0 Å². The van der Waals surface area contributed by atoms with Crippen LogP contribution in [0.5, 0.6) is 0 Å². The van der Waals surface area contributed by atoms with Gasteiger partial charge in [0, 0.05) is 11.8 Å². The van der Waals surface area contributed by atoms with Gasteiger partial charge < -0.3 is 0 Å². The maximum absolute atomic E-state index is 13.8. The van der Waals surface area contributed by atoms with E-state index in [0.29, 0.717) is 40.8 Å². The van der Waals surface area contributed by atoms with Crippen molar-refractivity contribution in [3.05, 3.63) is 59.8 Å². The summed E-state index contributed by atoms with van der Waals surface area (Å²) in [4.78, 5) is 13.8. The molecule has 0 saturated heterocycles. The van der Waals surface area contributed by atoms with E-state index in [1.165, 1.54) is 31.3 Å². The Morgan fingerprint density at radius 2 is 1.52 bits per heavy atom. The number of carbonyl (C=O) groups excluding carboxylic acids is 1. The molecule has 1 nitrogen and oxygen atoms in total. The molecule has 6 fully saturated rings. The highest BCUT2D eigenvalue weighted by molar-refractivity contribution is 5.90. The summed E-state index contributed by atoms with van der Waals surface area (Å²) >= 11 is 0. The Balaban J connectivity index is 1.03. The van der Waals surface area contributed by atoms with Crippen LogP contribution in [0.15, 0.2) is 59.8 Å². The van der Waals surface area contributed by atoms with E-state index in [1.54, 1.807) is 11.1 Å². The first-order valence-corrected chi connectivity index (χ1v) is 13.2. The van der Waals surface area contributed by atoms with Gasteiger partial charge in [-0.05, 0) is 113 Å². The zero-order valence-electron chi connectivity index (χ0n) is 18.0. The van der Waals surface area contributed by atoms with Gasteiger partial charge in [0.15, 0.2) is 0 Å². The van der Waals surface area contributed by atoms with Crippen molar-refractivity contribution in [2.24, 2.45) is 88.3 Å². The summed E-state index contributed by atoms with van der Waals surface area (Å²) < 4.78 is 0. The summed E-state index contributed by atoms with van der Waals surface area (Å²) in [5.41, 5.74) is 5.41. The second-order valence-corrected chi connectivity index (χ2v) is 13.2. The third kappa shape index (κ3) is 1.43. The molecule has 6 saturated carbocycles. The fraction of sp³-hybridized carbons (Fsp3) is 0.633. The zero-order chi connectivity index (χ0) is 20.0. The first kappa shape index (κ1) is 16.1. The normalized spacial score (nSPS) is 65.9. The standard InChI is InChI=1S/C30H30O/c1-12-23-13-2-5-16(6-13)26(23)29(31)27-21-10-19(22-11-30(21,22)28(12)27)18-8-17-9-20(18)25-15-4-3-14(7-15)24(17)25/h2-5,8,10,13-17,20-28H,1,6-7,9,11H2. The minimum Gasteiger partial charge on any atom is -0.299 e. The van der Waals surface area contributed by atoms with Crippen LogP contribution < -0.4 is 0 Å². The van der Waals surface area contributed by atoms with E-state index in [0.717, 1.165) is 41.4 Å². The molecule has 6 bridgehead atoms. The van der Waals surface area contributed by atoms with E-state index in [9.17, 15) is 4.79 Å². The summed E-state index contributed by atoms with van der Waals surface area (Å²) in [5.74, 6) is 9.95. The van der Waals surface area contributed by atoms with Crippen LogP contribution in [0.25, 0.3) is 0 Å². The molecule has 0 aliphatic heterocycles. The number of carbonyl (C=O) groups is 1.